The van der Waals surface area contributed by atoms with Crippen LogP contribution in [0.25, 0.3) is 0 Å². The number of ether oxygens (including phenoxy) is 6. The van der Waals surface area contributed by atoms with Crippen LogP contribution in [-0.2, 0) is 23.7 Å². The maximum atomic E-state index is 12.8. The standard InChI is InChI=1S/C23H30O12/c1-30-11-4-2-10(3-5-11)20(29)33-18-12-6-7-31-21(14(12)23(9-25)19(18)35-23)34-22-17(28)16(27)15(26)13(8-24)32-22/h2-5,12-19,21-22,24-28H,6-9H2,1H3. The fourth-order valence-electron chi connectivity index (χ4n) is 5.54. The maximum absolute atomic E-state index is 12.8. The molecule has 35 heavy (non-hydrogen) atoms. The quantitative estimate of drug-likeness (QED) is 0.210. The lowest BCUT2D eigenvalue weighted by Gasteiger charge is -2.44. The highest BCUT2D eigenvalue weighted by molar-refractivity contribution is 5.89. The highest BCUT2D eigenvalue weighted by atomic mass is 16.8. The van der Waals surface area contributed by atoms with Gasteiger partial charge in [0.1, 0.15) is 48.0 Å². The van der Waals surface area contributed by atoms with Crippen LogP contribution in [0.5, 0.6) is 5.75 Å². The van der Waals surface area contributed by atoms with Crippen LogP contribution < -0.4 is 4.74 Å². The molecule has 11 atom stereocenters. The summed E-state index contributed by atoms with van der Waals surface area (Å²) < 4.78 is 33.9. The van der Waals surface area contributed by atoms with E-state index in [1.165, 1.54) is 7.11 Å². The third kappa shape index (κ3) is 4.12. The average Bonchev–Trinajstić information content (AvgIpc) is 3.56. The summed E-state index contributed by atoms with van der Waals surface area (Å²) in [4.78, 5) is 12.8. The Labute approximate surface area is 200 Å². The summed E-state index contributed by atoms with van der Waals surface area (Å²) in [6, 6.07) is 6.49. The minimum absolute atomic E-state index is 0.244. The van der Waals surface area contributed by atoms with Crippen molar-refractivity contribution in [3.63, 3.8) is 0 Å². The zero-order valence-corrected chi connectivity index (χ0v) is 19.0. The Morgan fingerprint density at radius 1 is 1.09 bits per heavy atom. The molecule has 3 saturated heterocycles. The molecule has 5 rings (SSSR count). The highest BCUT2D eigenvalue weighted by Crippen LogP contribution is 2.61. The molecule has 1 aliphatic carbocycles. The molecule has 12 heteroatoms. The molecule has 0 aromatic heterocycles. The lowest BCUT2D eigenvalue weighted by molar-refractivity contribution is -0.356. The smallest absolute Gasteiger partial charge is 0.338 e. The lowest BCUT2D eigenvalue weighted by atomic mass is 9.83. The van der Waals surface area contributed by atoms with E-state index in [1.807, 2.05) is 0 Å². The fourth-order valence-corrected chi connectivity index (χ4v) is 5.54. The van der Waals surface area contributed by atoms with Crippen molar-refractivity contribution in [1.82, 2.24) is 0 Å². The summed E-state index contributed by atoms with van der Waals surface area (Å²) in [5.41, 5.74) is -0.722. The Balaban J connectivity index is 1.32. The molecule has 4 aliphatic rings. The van der Waals surface area contributed by atoms with Crippen molar-refractivity contribution >= 4 is 5.97 Å². The van der Waals surface area contributed by atoms with Gasteiger partial charge in [-0.2, -0.15) is 0 Å². The molecule has 194 valence electrons. The van der Waals surface area contributed by atoms with E-state index in [4.69, 9.17) is 28.4 Å². The monoisotopic (exact) mass is 498 g/mol. The second-order valence-corrected chi connectivity index (χ2v) is 9.30. The number of hydrogen-bond acceptors (Lipinski definition) is 12. The number of aliphatic hydroxyl groups excluding tert-OH is 5. The normalized spacial score (nSPS) is 44.3. The summed E-state index contributed by atoms with van der Waals surface area (Å²) in [5.74, 6) is -0.775. The van der Waals surface area contributed by atoms with Crippen molar-refractivity contribution in [2.24, 2.45) is 11.8 Å². The molecule has 0 spiro atoms. The minimum atomic E-state index is -1.61. The molecule has 5 N–H and O–H groups in total. The molecule has 0 bridgehead atoms. The number of carbonyl (C=O) groups is 1. The van der Waals surface area contributed by atoms with Gasteiger partial charge in [-0.25, -0.2) is 4.79 Å². The van der Waals surface area contributed by atoms with Gasteiger partial charge < -0.3 is 54.0 Å². The first kappa shape index (κ1) is 24.8. The topological polar surface area (TPSA) is 177 Å². The van der Waals surface area contributed by atoms with Crippen LogP contribution in [0.1, 0.15) is 16.8 Å². The Hall–Kier alpha value is -1.87. The van der Waals surface area contributed by atoms with Crippen LogP contribution in [0.3, 0.4) is 0 Å². The summed E-state index contributed by atoms with van der Waals surface area (Å²) >= 11 is 0. The number of epoxide rings is 1. The van der Waals surface area contributed by atoms with Crippen LogP contribution in [-0.4, -0.2) is 113 Å². The van der Waals surface area contributed by atoms with Gasteiger partial charge >= 0.3 is 5.97 Å². The Kier molecular flexibility index (Phi) is 6.76. The molecule has 4 fully saturated rings. The van der Waals surface area contributed by atoms with E-state index in [1.54, 1.807) is 24.3 Å². The van der Waals surface area contributed by atoms with Gasteiger partial charge in [0.25, 0.3) is 0 Å². The average molecular weight is 498 g/mol. The number of methoxy groups -OCH3 is 1. The molecular formula is C23H30O12. The van der Waals surface area contributed by atoms with Crippen molar-refractivity contribution in [1.29, 1.82) is 0 Å². The van der Waals surface area contributed by atoms with E-state index < -0.39 is 73.3 Å². The largest absolute Gasteiger partial charge is 0.497 e. The molecular weight excluding hydrogens is 468 g/mol. The van der Waals surface area contributed by atoms with Crippen LogP contribution >= 0.6 is 0 Å². The van der Waals surface area contributed by atoms with Crippen LogP contribution in [0, 0.1) is 11.8 Å². The Bertz CT molecular complexity index is 908. The van der Waals surface area contributed by atoms with Gasteiger partial charge in [-0.15, -0.1) is 0 Å². The molecule has 0 amide bonds. The van der Waals surface area contributed by atoms with Crippen LogP contribution in [0.15, 0.2) is 24.3 Å². The van der Waals surface area contributed by atoms with Crippen molar-refractivity contribution in [3.05, 3.63) is 29.8 Å². The van der Waals surface area contributed by atoms with Crippen LogP contribution in [0.4, 0.5) is 0 Å². The zero-order valence-electron chi connectivity index (χ0n) is 19.0. The molecule has 3 aliphatic heterocycles. The third-order valence-electron chi connectivity index (χ3n) is 7.48. The molecule has 1 saturated carbocycles. The number of aliphatic hydroxyl groups is 5. The van der Waals surface area contributed by atoms with Gasteiger partial charge in [0, 0.05) is 5.92 Å². The van der Waals surface area contributed by atoms with Gasteiger partial charge in [-0.3, -0.25) is 0 Å². The molecule has 3 heterocycles. The molecule has 12 nitrogen and oxygen atoms in total. The first-order valence-electron chi connectivity index (χ1n) is 11.6. The zero-order chi connectivity index (χ0) is 24.9. The first-order chi connectivity index (χ1) is 16.8. The Morgan fingerprint density at radius 3 is 2.49 bits per heavy atom. The van der Waals surface area contributed by atoms with E-state index in [9.17, 15) is 30.3 Å². The maximum Gasteiger partial charge on any atom is 0.338 e. The highest BCUT2D eigenvalue weighted by Gasteiger charge is 2.77. The number of hydrogen-bond donors (Lipinski definition) is 5. The second-order valence-electron chi connectivity index (χ2n) is 9.30. The predicted molar refractivity (Wildman–Crippen MR) is 113 cm³/mol. The molecule has 11 unspecified atom stereocenters. The Morgan fingerprint density at radius 2 is 1.83 bits per heavy atom. The van der Waals surface area contributed by atoms with Crippen molar-refractivity contribution in [2.45, 2.75) is 61.2 Å². The van der Waals surface area contributed by atoms with E-state index >= 15 is 0 Å². The van der Waals surface area contributed by atoms with Crippen molar-refractivity contribution in [2.75, 3.05) is 26.9 Å². The summed E-state index contributed by atoms with van der Waals surface area (Å²) in [6.45, 7) is -0.723. The number of benzene rings is 1. The van der Waals surface area contributed by atoms with E-state index in [0.717, 1.165) is 0 Å². The number of rotatable bonds is 7. The summed E-state index contributed by atoms with van der Waals surface area (Å²) in [5, 5.41) is 50.1. The van der Waals surface area contributed by atoms with Gasteiger partial charge in [-0.05, 0) is 30.7 Å². The van der Waals surface area contributed by atoms with E-state index in [-0.39, 0.29) is 19.1 Å². The third-order valence-corrected chi connectivity index (χ3v) is 7.48. The van der Waals surface area contributed by atoms with Crippen molar-refractivity contribution in [3.8, 4) is 5.75 Å². The SMILES string of the molecule is COc1ccc(C(=O)OC2C3CCOC(OC4OC(CO)C(O)C(O)C4O)C3C3(CO)OC23)cc1. The number of carbonyl (C=O) groups excluding carboxylic acids is 1. The minimum Gasteiger partial charge on any atom is -0.497 e. The number of esters is 1. The molecule has 1 aromatic carbocycles. The molecule has 0 radical (unpaired) electrons. The van der Waals surface area contributed by atoms with E-state index in [0.29, 0.717) is 17.7 Å². The van der Waals surface area contributed by atoms with Gasteiger partial charge in [0.2, 0.25) is 0 Å². The second kappa shape index (κ2) is 9.54. The first-order valence-corrected chi connectivity index (χ1v) is 11.6. The van der Waals surface area contributed by atoms with Crippen LogP contribution in [0.2, 0.25) is 0 Å². The van der Waals surface area contributed by atoms with Gasteiger partial charge in [0.05, 0.1) is 38.4 Å². The lowest BCUT2D eigenvalue weighted by Crippen LogP contribution is -2.61. The van der Waals surface area contributed by atoms with Gasteiger partial charge in [-0.1, -0.05) is 0 Å². The fraction of sp³-hybridized carbons (Fsp3) is 0.696. The van der Waals surface area contributed by atoms with Crippen molar-refractivity contribution < 1.29 is 58.7 Å². The summed E-state index contributed by atoms with van der Waals surface area (Å²) in [6.07, 6.45) is -9.04. The van der Waals surface area contributed by atoms with E-state index in [2.05, 4.69) is 0 Å². The number of fused-ring (bicyclic) bond motifs is 3. The molecule has 1 aromatic rings. The predicted octanol–water partition coefficient (Wildman–Crippen LogP) is -1.84. The van der Waals surface area contributed by atoms with Gasteiger partial charge in [0.15, 0.2) is 12.6 Å². The summed E-state index contributed by atoms with van der Waals surface area (Å²) in [7, 11) is 1.53.